The van der Waals surface area contributed by atoms with Crippen molar-refractivity contribution in [3.63, 3.8) is 0 Å². The van der Waals surface area contributed by atoms with Gasteiger partial charge in [0, 0.05) is 39.6 Å². The SMILES string of the molecule is CCSc1ccc(Cl)cc1CC(=O)N/N=C\c1cn(C)c2ccccc12. The molecule has 2 aromatic carbocycles. The number of benzene rings is 2. The molecule has 0 aliphatic heterocycles. The fraction of sp³-hybridized carbons (Fsp3) is 0.200. The topological polar surface area (TPSA) is 46.4 Å². The Bertz CT molecular complexity index is 965. The van der Waals surface area contributed by atoms with E-state index in [1.165, 1.54) is 0 Å². The average Bonchev–Trinajstić information content (AvgIpc) is 2.94. The van der Waals surface area contributed by atoms with Gasteiger partial charge >= 0.3 is 0 Å². The number of hydrazone groups is 1. The summed E-state index contributed by atoms with van der Waals surface area (Å²) in [6.07, 6.45) is 3.92. The minimum absolute atomic E-state index is 0.165. The largest absolute Gasteiger partial charge is 0.350 e. The lowest BCUT2D eigenvalue weighted by atomic mass is 10.1. The first-order chi connectivity index (χ1) is 12.6. The van der Waals surface area contributed by atoms with Gasteiger partial charge in [0.2, 0.25) is 5.91 Å². The predicted octanol–water partition coefficient (Wildman–Crippen LogP) is 4.64. The van der Waals surface area contributed by atoms with Gasteiger partial charge in [-0.3, -0.25) is 4.79 Å². The lowest BCUT2D eigenvalue weighted by Gasteiger charge is -2.08. The number of aromatic nitrogens is 1. The summed E-state index contributed by atoms with van der Waals surface area (Å²) in [7, 11) is 1.99. The summed E-state index contributed by atoms with van der Waals surface area (Å²) >= 11 is 7.77. The van der Waals surface area contributed by atoms with Gasteiger partial charge in [-0.1, -0.05) is 36.7 Å². The molecule has 0 aliphatic carbocycles. The highest BCUT2D eigenvalue weighted by Crippen LogP contribution is 2.26. The number of para-hydroxylation sites is 1. The van der Waals surface area contributed by atoms with E-state index in [-0.39, 0.29) is 12.3 Å². The van der Waals surface area contributed by atoms with E-state index in [9.17, 15) is 4.79 Å². The molecule has 3 aromatic rings. The van der Waals surface area contributed by atoms with E-state index in [1.807, 2.05) is 54.2 Å². The van der Waals surface area contributed by atoms with Crippen LogP contribution in [-0.4, -0.2) is 22.4 Å². The lowest BCUT2D eigenvalue weighted by molar-refractivity contribution is -0.120. The molecule has 6 heteroatoms. The number of amides is 1. The summed E-state index contributed by atoms with van der Waals surface area (Å²) in [5, 5.41) is 5.85. The van der Waals surface area contributed by atoms with Crippen LogP contribution in [0.5, 0.6) is 0 Å². The van der Waals surface area contributed by atoms with Gasteiger partial charge in [0.1, 0.15) is 0 Å². The summed E-state index contributed by atoms with van der Waals surface area (Å²) in [5.74, 6) is 0.775. The number of carbonyl (C=O) groups is 1. The van der Waals surface area contributed by atoms with Crippen molar-refractivity contribution in [3.05, 3.63) is 64.8 Å². The zero-order chi connectivity index (χ0) is 18.5. The van der Waals surface area contributed by atoms with Gasteiger partial charge in [-0.2, -0.15) is 5.10 Å². The minimum Gasteiger partial charge on any atom is -0.350 e. The lowest BCUT2D eigenvalue weighted by Crippen LogP contribution is -2.20. The Morgan fingerprint density at radius 2 is 2.12 bits per heavy atom. The van der Waals surface area contributed by atoms with Crippen LogP contribution in [0.2, 0.25) is 5.02 Å². The number of nitrogens with one attached hydrogen (secondary N) is 1. The van der Waals surface area contributed by atoms with Gasteiger partial charge in [0.05, 0.1) is 12.6 Å². The zero-order valence-corrected chi connectivity index (χ0v) is 16.3. The van der Waals surface area contributed by atoms with Gasteiger partial charge < -0.3 is 4.57 Å². The van der Waals surface area contributed by atoms with Crippen molar-refractivity contribution in [2.45, 2.75) is 18.2 Å². The van der Waals surface area contributed by atoms with Crippen LogP contribution in [0, 0.1) is 0 Å². The van der Waals surface area contributed by atoms with Crippen molar-refractivity contribution in [3.8, 4) is 0 Å². The van der Waals surface area contributed by atoms with E-state index >= 15 is 0 Å². The van der Waals surface area contributed by atoms with Gasteiger partial charge in [-0.15, -0.1) is 11.8 Å². The highest BCUT2D eigenvalue weighted by molar-refractivity contribution is 7.99. The average molecular weight is 386 g/mol. The summed E-state index contributed by atoms with van der Waals surface area (Å²) in [6, 6.07) is 13.7. The molecule has 1 aromatic heterocycles. The summed E-state index contributed by atoms with van der Waals surface area (Å²) < 4.78 is 2.04. The third-order valence-electron chi connectivity index (χ3n) is 3.99. The molecule has 0 bridgehead atoms. The number of nitrogens with zero attached hydrogens (tertiary/aromatic N) is 2. The fourth-order valence-corrected chi connectivity index (χ4v) is 3.83. The maximum atomic E-state index is 12.3. The molecule has 0 unspecified atom stereocenters. The standard InChI is InChI=1S/C20H20ClN3OS/c1-3-26-19-9-8-16(21)10-14(19)11-20(25)23-22-12-15-13-24(2)18-7-5-4-6-17(15)18/h4-10,12-13H,3,11H2,1-2H3,(H,23,25)/b22-12-. The maximum absolute atomic E-state index is 12.3. The van der Waals surface area contributed by atoms with Gasteiger partial charge in [0.25, 0.3) is 0 Å². The van der Waals surface area contributed by atoms with Crippen LogP contribution in [0.3, 0.4) is 0 Å². The third kappa shape index (κ3) is 4.29. The number of rotatable bonds is 6. The molecule has 0 saturated heterocycles. The van der Waals surface area contributed by atoms with Crippen LogP contribution < -0.4 is 5.43 Å². The predicted molar refractivity (Wildman–Crippen MR) is 110 cm³/mol. The monoisotopic (exact) mass is 385 g/mol. The molecular formula is C20H20ClN3OS. The van der Waals surface area contributed by atoms with Gasteiger partial charge in [-0.25, -0.2) is 5.43 Å². The first-order valence-electron chi connectivity index (χ1n) is 8.35. The zero-order valence-electron chi connectivity index (χ0n) is 14.7. The van der Waals surface area contributed by atoms with Crippen molar-refractivity contribution >= 4 is 46.4 Å². The number of hydrogen-bond donors (Lipinski definition) is 1. The van der Waals surface area contributed by atoms with Crippen LogP contribution in [-0.2, 0) is 18.3 Å². The Hall–Kier alpha value is -2.24. The smallest absolute Gasteiger partial charge is 0.244 e. The van der Waals surface area contributed by atoms with Crippen molar-refractivity contribution in [2.75, 3.05) is 5.75 Å². The molecule has 1 heterocycles. The number of hydrogen-bond acceptors (Lipinski definition) is 3. The van der Waals surface area contributed by atoms with Crippen LogP contribution in [0.25, 0.3) is 10.9 Å². The second-order valence-corrected chi connectivity index (χ2v) is 7.61. The molecule has 0 fully saturated rings. The highest BCUT2D eigenvalue weighted by atomic mass is 35.5. The molecular weight excluding hydrogens is 366 g/mol. The van der Waals surface area contributed by atoms with Crippen LogP contribution >= 0.6 is 23.4 Å². The summed E-state index contributed by atoms with van der Waals surface area (Å²) in [5.41, 5.74) is 5.62. The Kier molecular flexibility index (Phi) is 6.01. The maximum Gasteiger partial charge on any atom is 0.244 e. The van der Waals surface area contributed by atoms with Crippen molar-refractivity contribution in [1.29, 1.82) is 0 Å². The minimum atomic E-state index is -0.165. The normalized spacial score (nSPS) is 11.3. The van der Waals surface area contributed by atoms with Crippen molar-refractivity contribution in [2.24, 2.45) is 12.1 Å². The molecule has 3 rings (SSSR count). The Morgan fingerprint density at radius 1 is 1.31 bits per heavy atom. The molecule has 0 saturated carbocycles. The van der Waals surface area contributed by atoms with E-state index in [0.29, 0.717) is 5.02 Å². The molecule has 1 N–H and O–H groups in total. The third-order valence-corrected chi connectivity index (χ3v) is 5.23. The first kappa shape index (κ1) is 18.5. The van der Waals surface area contributed by atoms with E-state index < -0.39 is 0 Å². The van der Waals surface area contributed by atoms with E-state index in [2.05, 4.69) is 23.5 Å². The fourth-order valence-electron chi connectivity index (χ4n) is 2.84. The first-order valence-corrected chi connectivity index (χ1v) is 9.72. The summed E-state index contributed by atoms with van der Waals surface area (Å²) in [4.78, 5) is 13.3. The van der Waals surface area contributed by atoms with E-state index in [0.717, 1.165) is 32.7 Å². The van der Waals surface area contributed by atoms with Crippen LogP contribution in [0.4, 0.5) is 0 Å². The second kappa shape index (κ2) is 8.43. The Balaban J connectivity index is 1.69. The van der Waals surface area contributed by atoms with Crippen molar-refractivity contribution in [1.82, 2.24) is 9.99 Å². The van der Waals surface area contributed by atoms with E-state index in [4.69, 9.17) is 11.6 Å². The van der Waals surface area contributed by atoms with Gasteiger partial charge in [0.15, 0.2) is 0 Å². The van der Waals surface area contributed by atoms with E-state index in [1.54, 1.807) is 18.0 Å². The Labute approximate surface area is 162 Å². The molecule has 4 nitrogen and oxygen atoms in total. The quantitative estimate of drug-likeness (QED) is 0.382. The molecule has 0 aliphatic rings. The number of thioether (sulfide) groups is 1. The number of carbonyl (C=O) groups excluding carboxylic acids is 1. The molecule has 0 radical (unpaired) electrons. The number of aryl methyl sites for hydroxylation is 1. The molecule has 1 amide bonds. The molecule has 134 valence electrons. The molecule has 0 spiro atoms. The highest BCUT2D eigenvalue weighted by Gasteiger charge is 2.09. The Morgan fingerprint density at radius 3 is 2.92 bits per heavy atom. The van der Waals surface area contributed by atoms with Crippen LogP contribution in [0.1, 0.15) is 18.1 Å². The second-order valence-electron chi connectivity index (χ2n) is 5.87. The molecule has 26 heavy (non-hydrogen) atoms. The summed E-state index contributed by atoms with van der Waals surface area (Å²) in [6.45, 7) is 2.08. The van der Waals surface area contributed by atoms with Crippen LogP contribution in [0.15, 0.2) is 58.7 Å². The van der Waals surface area contributed by atoms with Crippen molar-refractivity contribution < 1.29 is 4.79 Å². The molecule has 0 atom stereocenters. The number of fused-ring (bicyclic) bond motifs is 1. The number of halogens is 1. The van der Waals surface area contributed by atoms with Gasteiger partial charge in [-0.05, 0) is 35.6 Å².